The molecule has 9 heteroatoms. The van der Waals surface area contributed by atoms with E-state index in [4.69, 9.17) is 4.74 Å². The fourth-order valence-electron chi connectivity index (χ4n) is 2.86. The van der Waals surface area contributed by atoms with Crippen molar-refractivity contribution in [3.8, 4) is 11.4 Å². The van der Waals surface area contributed by atoms with Crippen LogP contribution in [0, 0.1) is 6.92 Å². The Morgan fingerprint density at radius 2 is 1.83 bits per heavy atom. The average molecular weight is 420 g/mol. The van der Waals surface area contributed by atoms with Gasteiger partial charge in [0, 0.05) is 30.0 Å². The lowest BCUT2D eigenvalue weighted by Crippen LogP contribution is -2.14. The van der Waals surface area contributed by atoms with Crippen LogP contribution in [0.3, 0.4) is 0 Å². The van der Waals surface area contributed by atoms with Crippen LogP contribution >= 0.6 is 11.8 Å². The molecule has 8 nitrogen and oxygen atoms in total. The van der Waals surface area contributed by atoms with Crippen molar-refractivity contribution in [1.82, 2.24) is 24.5 Å². The topological polar surface area (TPSA) is 86.9 Å². The first kappa shape index (κ1) is 19.7. The Bertz CT molecular complexity index is 1170. The number of hydrogen-bond acceptors (Lipinski definition) is 6. The van der Waals surface area contributed by atoms with Crippen LogP contribution in [0.4, 0.5) is 5.69 Å². The monoisotopic (exact) mass is 420 g/mol. The van der Waals surface area contributed by atoms with Gasteiger partial charge in [-0.15, -0.1) is 5.10 Å². The van der Waals surface area contributed by atoms with Crippen molar-refractivity contribution in [2.24, 2.45) is 7.05 Å². The van der Waals surface area contributed by atoms with Crippen LogP contribution in [0.15, 0.2) is 71.0 Å². The van der Waals surface area contributed by atoms with Gasteiger partial charge in [0.1, 0.15) is 5.75 Å². The van der Waals surface area contributed by atoms with Gasteiger partial charge in [0.05, 0.1) is 18.5 Å². The smallest absolute Gasteiger partial charge is 0.278 e. The summed E-state index contributed by atoms with van der Waals surface area (Å²) < 4.78 is 8.75. The number of anilines is 1. The second-order valence-electron chi connectivity index (χ2n) is 6.53. The van der Waals surface area contributed by atoms with Gasteiger partial charge in [-0.25, -0.2) is 9.67 Å². The lowest BCUT2D eigenvalue weighted by Gasteiger charge is -2.07. The minimum Gasteiger partial charge on any atom is -0.497 e. The second-order valence-corrected chi connectivity index (χ2v) is 7.58. The standard InChI is InChI=1S/C21H20N6O2S/c1-14-19(24-25-27(14)16-6-8-17(29-3)9-7-16)20(28)23-15-4-10-18(11-5-15)30-21-22-12-13-26(21)2/h4-13H,1-3H3,(H,23,28). The van der Waals surface area contributed by atoms with E-state index in [0.29, 0.717) is 11.4 Å². The maximum absolute atomic E-state index is 12.7. The zero-order chi connectivity index (χ0) is 21.1. The van der Waals surface area contributed by atoms with Gasteiger partial charge in [-0.3, -0.25) is 4.79 Å². The molecular weight excluding hydrogens is 400 g/mol. The molecule has 2 aromatic carbocycles. The summed E-state index contributed by atoms with van der Waals surface area (Å²) in [7, 11) is 3.56. The van der Waals surface area contributed by atoms with Crippen molar-refractivity contribution in [2.75, 3.05) is 12.4 Å². The first-order valence-electron chi connectivity index (χ1n) is 9.18. The molecule has 2 aromatic heterocycles. The third-order valence-corrected chi connectivity index (χ3v) is 5.61. The lowest BCUT2D eigenvalue weighted by atomic mass is 10.2. The highest BCUT2D eigenvalue weighted by Crippen LogP contribution is 2.27. The Labute approximate surface area is 177 Å². The number of aryl methyl sites for hydroxylation is 1. The third kappa shape index (κ3) is 4.06. The molecule has 0 unspecified atom stereocenters. The van der Waals surface area contributed by atoms with Crippen molar-refractivity contribution in [2.45, 2.75) is 17.0 Å². The summed E-state index contributed by atoms with van der Waals surface area (Å²) >= 11 is 1.56. The molecule has 1 amide bonds. The Morgan fingerprint density at radius 3 is 2.47 bits per heavy atom. The Balaban J connectivity index is 1.46. The Kier molecular flexibility index (Phi) is 5.53. The van der Waals surface area contributed by atoms with E-state index in [9.17, 15) is 4.79 Å². The minimum absolute atomic E-state index is 0.275. The highest BCUT2D eigenvalue weighted by molar-refractivity contribution is 7.99. The minimum atomic E-state index is -0.309. The molecule has 0 spiro atoms. The molecule has 0 radical (unpaired) electrons. The second kappa shape index (κ2) is 8.42. The molecule has 0 atom stereocenters. The quantitative estimate of drug-likeness (QED) is 0.512. The van der Waals surface area contributed by atoms with Crippen LogP contribution in [0.25, 0.3) is 5.69 Å². The summed E-state index contributed by atoms with van der Waals surface area (Å²) in [6.45, 7) is 1.81. The van der Waals surface area contributed by atoms with Gasteiger partial charge in [0.2, 0.25) is 0 Å². The fourth-order valence-corrected chi connectivity index (χ4v) is 3.66. The number of ether oxygens (including phenoxy) is 1. The molecule has 0 aliphatic heterocycles. The molecule has 4 rings (SSSR count). The van der Waals surface area contributed by atoms with Gasteiger partial charge in [0.15, 0.2) is 10.9 Å². The van der Waals surface area contributed by atoms with E-state index in [2.05, 4.69) is 20.6 Å². The largest absolute Gasteiger partial charge is 0.497 e. The van der Waals surface area contributed by atoms with Crippen LogP contribution in [0.2, 0.25) is 0 Å². The van der Waals surface area contributed by atoms with Crippen molar-refractivity contribution in [3.05, 3.63) is 72.3 Å². The molecule has 1 N–H and O–H groups in total. The number of nitrogens with zero attached hydrogens (tertiary/aromatic N) is 5. The van der Waals surface area contributed by atoms with E-state index in [0.717, 1.165) is 21.5 Å². The van der Waals surface area contributed by atoms with E-state index >= 15 is 0 Å². The van der Waals surface area contributed by atoms with E-state index in [1.807, 2.05) is 73.3 Å². The maximum Gasteiger partial charge on any atom is 0.278 e. The predicted molar refractivity (Wildman–Crippen MR) is 114 cm³/mol. The van der Waals surface area contributed by atoms with Crippen LogP contribution in [-0.2, 0) is 7.05 Å². The van der Waals surface area contributed by atoms with Gasteiger partial charge in [-0.1, -0.05) is 17.0 Å². The highest BCUT2D eigenvalue weighted by atomic mass is 32.2. The van der Waals surface area contributed by atoms with E-state index < -0.39 is 0 Å². The third-order valence-electron chi connectivity index (χ3n) is 4.52. The zero-order valence-corrected chi connectivity index (χ0v) is 17.6. The van der Waals surface area contributed by atoms with Crippen LogP contribution in [-0.4, -0.2) is 37.6 Å². The van der Waals surface area contributed by atoms with Crippen molar-refractivity contribution in [1.29, 1.82) is 0 Å². The number of methoxy groups -OCH3 is 1. The molecule has 0 saturated heterocycles. The van der Waals surface area contributed by atoms with Gasteiger partial charge in [-0.05, 0) is 55.5 Å². The van der Waals surface area contributed by atoms with Gasteiger partial charge in [0.25, 0.3) is 5.91 Å². The summed E-state index contributed by atoms with van der Waals surface area (Å²) in [5, 5.41) is 12.0. The molecular formula is C21H20N6O2S. The summed E-state index contributed by atoms with van der Waals surface area (Å²) in [4.78, 5) is 18.0. The normalized spacial score (nSPS) is 10.8. The first-order chi connectivity index (χ1) is 14.5. The Hall–Kier alpha value is -3.59. The number of carbonyl (C=O) groups excluding carboxylic acids is 1. The van der Waals surface area contributed by atoms with Gasteiger partial charge < -0.3 is 14.6 Å². The number of hydrogen-bond donors (Lipinski definition) is 1. The number of rotatable bonds is 6. The maximum atomic E-state index is 12.7. The van der Waals surface area contributed by atoms with E-state index in [-0.39, 0.29) is 11.6 Å². The lowest BCUT2D eigenvalue weighted by molar-refractivity contribution is 0.102. The molecule has 0 saturated carbocycles. The van der Waals surface area contributed by atoms with Crippen LogP contribution in [0.1, 0.15) is 16.2 Å². The van der Waals surface area contributed by atoms with Crippen molar-refractivity contribution < 1.29 is 9.53 Å². The molecule has 0 aliphatic rings. The summed E-state index contributed by atoms with van der Waals surface area (Å²) in [6, 6.07) is 15.0. The number of benzene rings is 2. The number of amides is 1. The van der Waals surface area contributed by atoms with E-state index in [1.54, 1.807) is 29.8 Å². The molecule has 0 fully saturated rings. The summed E-state index contributed by atoms with van der Waals surface area (Å²) in [6.07, 6.45) is 3.66. The van der Waals surface area contributed by atoms with Gasteiger partial charge in [-0.2, -0.15) is 0 Å². The molecule has 30 heavy (non-hydrogen) atoms. The molecule has 0 aliphatic carbocycles. The summed E-state index contributed by atoms with van der Waals surface area (Å²) in [5.41, 5.74) is 2.41. The van der Waals surface area contributed by atoms with E-state index in [1.165, 1.54) is 0 Å². The van der Waals surface area contributed by atoms with Crippen molar-refractivity contribution in [3.63, 3.8) is 0 Å². The zero-order valence-electron chi connectivity index (χ0n) is 16.7. The van der Waals surface area contributed by atoms with Crippen LogP contribution < -0.4 is 10.1 Å². The molecule has 152 valence electrons. The van der Waals surface area contributed by atoms with Crippen molar-refractivity contribution >= 4 is 23.4 Å². The van der Waals surface area contributed by atoms with Gasteiger partial charge >= 0.3 is 0 Å². The number of imidazole rings is 1. The first-order valence-corrected chi connectivity index (χ1v) is 10.00. The Morgan fingerprint density at radius 1 is 1.10 bits per heavy atom. The predicted octanol–water partition coefficient (Wildman–Crippen LogP) is 3.72. The molecule has 4 aromatic rings. The molecule has 0 bridgehead atoms. The summed E-state index contributed by atoms with van der Waals surface area (Å²) in [5.74, 6) is 0.441. The number of aromatic nitrogens is 5. The fraction of sp³-hybridized carbons (Fsp3) is 0.143. The van der Waals surface area contributed by atoms with Crippen LogP contribution in [0.5, 0.6) is 5.75 Å². The molecule has 2 heterocycles. The SMILES string of the molecule is COc1ccc(-n2nnc(C(=O)Nc3ccc(Sc4nccn4C)cc3)c2C)cc1. The highest BCUT2D eigenvalue weighted by Gasteiger charge is 2.17. The average Bonchev–Trinajstić information content (AvgIpc) is 3.35. The number of nitrogens with one attached hydrogen (secondary N) is 1. The number of carbonyl (C=O) groups is 1.